The summed E-state index contributed by atoms with van der Waals surface area (Å²) >= 11 is 13.4. The average Bonchev–Trinajstić information content (AvgIpc) is 3.51. The Balaban J connectivity index is 1.28. The molecule has 0 radical (unpaired) electrons. The Bertz CT molecular complexity index is 1720. The molecular formula is C35H48Cl2N6O4S. The first kappa shape index (κ1) is 36.8. The van der Waals surface area contributed by atoms with Crippen LogP contribution in [0.15, 0.2) is 41.3 Å². The minimum Gasteiger partial charge on any atom is -0.487 e. The zero-order valence-electron chi connectivity index (χ0n) is 28.4. The molecule has 1 aromatic heterocycles. The molecule has 0 spiro atoms. The number of aromatic nitrogens is 1. The zero-order chi connectivity index (χ0) is 34.6. The van der Waals surface area contributed by atoms with E-state index in [1.165, 1.54) is 6.07 Å². The molecule has 2 fully saturated rings. The van der Waals surface area contributed by atoms with Gasteiger partial charge < -0.3 is 20.3 Å². The van der Waals surface area contributed by atoms with Gasteiger partial charge >= 0.3 is 0 Å². The van der Waals surface area contributed by atoms with Gasteiger partial charge in [-0.1, -0.05) is 54.6 Å². The summed E-state index contributed by atoms with van der Waals surface area (Å²) in [5, 5.41) is 1.31. The summed E-state index contributed by atoms with van der Waals surface area (Å²) < 4.78 is 37.4. The van der Waals surface area contributed by atoms with E-state index in [4.69, 9.17) is 33.7 Å². The molecule has 2 aromatic carbocycles. The van der Waals surface area contributed by atoms with Crippen molar-refractivity contribution in [3.8, 4) is 5.75 Å². The Morgan fingerprint density at radius 3 is 2.48 bits per heavy atom. The van der Waals surface area contributed by atoms with Gasteiger partial charge in [-0.3, -0.25) is 9.69 Å². The summed E-state index contributed by atoms with van der Waals surface area (Å²) in [4.78, 5) is 23.9. The third-order valence-electron chi connectivity index (χ3n) is 9.59. The minimum atomic E-state index is -4.07. The molecule has 1 saturated carbocycles. The predicted molar refractivity (Wildman–Crippen MR) is 192 cm³/mol. The van der Waals surface area contributed by atoms with Gasteiger partial charge in [0.2, 0.25) is 15.9 Å². The quantitative estimate of drug-likeness (QED) is 0.223. The van der Waals surface area contributed by atoms with Crippen LogP contribution in [0, 0.1) is 13.8 Å². The molecule has 48 heavy (non-hydrogen) atoms. The molecule has 2 heterocycles. The Kier molecular flexibility index (Phi) is 11.9. The number of amides is 1. The molecule has 3 N–H and O–H groups in total. The average molecular weight is 720 g/mol. The van der Waals surface area contributed by atoms with E-state index in [-0.39, 0.29) is 22.4 Å². The van der Waals surface area contributed by atoms with Crippen LogP contribution >= 0.6 is 23.2 Å². The lowest BCUT2D eigenvalue weighted by molar-refractivity contribution is -0.135. The molecule has 1 atom stereocenters. The normalized spacial score (nSPS) is 17.7. The number of nitrogens with one attached hydrogen (secondary N) is 1. The Morgan fingerprint density at radius 2 is 1.79 bits per heavy atom. The third kappa shape index (κ3) is 8.26. The number of hydrogen-bond donors (Lipinski definition) is 2. The van der Waals surface area contributed by atoms with E-state index in [1.54, 1.807) is 6.07 Å². The summed E-state index contributed by atoms with van der Waals surface area (Å²) in [5.41, 5.74) is 8.57. The number of nitrogens with zero attached hydrogens (tertiary/aromatic N) is 4. The molecule has 1 aliphatic heterocycles. The van der Waals surface area contributed by atoms with Crippen molar-refractivity contribution in [1.29, 1.82) is 0 Å². The lowest BCUT2D eigenvalue weighted by Crippen LogP contribution is -2.64. The Hall–Kier alpha value is -2.51. The smallest absolute Gasteiger partial charge is 0.243 e. The standard InChI is InChI=1S/C35H48Cl2N6O4S/c1-24-22-25(2)39-33-26(24)10-9-12-30(33)47-23-27-28(36)13-14-31(32(27)37)48(45,46)40-35(15-6-7-16-35)43-20-18-42(19-21-43)34(44)29(38)11-5-8-17-41(3)4/h9-10,12-14,22,29,40H,5-8,11,15-21,23,38H2,1-4H3. The third-order valence-corrected chi connectivity index (χ3v) is 12.1. The van der Waals surface area contributed by atoms with Crippen LogP contribution in [0.2, 0.25) is 10.0 Å². The number of hydrogen-bond acceptors (Lipinski definition) is 8. The minimum absolute atomic E-state index is 0.0266. The lowest BCUT2D eigenvalue weighted by Gasteiger charge is -2.46. The molecule has 0 bridgehead atoms. The van der Waals surface area contributed by atoms with Crippen molar-refractivity contribution in [2.75, 3.05) is 46.8 Å². The van der Waals surface area contributed by atoms with Crippen LogP contribution in [0.4, 0.5) is 0 Å². The van der Waals surface area contributed by atoms with Crippen LogP contribution in [-0.2, 0) is 21.4 Å². The number of nitrogens with two attached hydrogens (primary N) is 1. The number of fused-ring (bicyclic) bond motifs is 1. The fourth-order valence-electron chi connectivity index (χ4n) is 6.99. The maximum Gasteiger partial charge on any atom is 0.243 e. The van der Waals surface area contributed by atoms with Crippen LogP contribution in [0.3, 0.4) is 0 Å². The van der Waals surface area contributed by atoms with Gasteiger partial charge in [0.15, 0.2) is 0 Å². The number of pyridine rings is 1. The van der Waals surface area contributed by atoms with E-state index >= 15 is 0 Å². The fourth-order valence-corrected chi connectivity index (χ4v) is 9.33. The molecule has 1 saturated heterocycles. The predicted octanol–water partition coefficient (Wildman–Crippen LogP) is 5.49. The van der Waals surface area contributed by atoms with Gasteiger partial charge in [0, 0.05) is 47.8 Å². The van der Waals surface area contributed by atoms with E-state index in [0.717, 1.165) is 54.4 Å². The van der Waals surface area contributed by atoms with Crippen molar-refractivity contribution in [1.82, 2.24) is 24.4 Å². The van der Waals surface area contributed by atoms with Crippen molar-refractivity contribution in [3.63, 3.8) is 0 Å². The summed E-state index contributed by atoms with van der Waals surface area (Å²) in [6.45, 7) is 6.99. The van der Waals surface area contributed by atoms with Gasteiger partial charge in [-0.05, 0) is 90.0 Å². The number of piperazine rings is 1. The van der Waals surface area contributed by atoms with Crippen molar-refractivity contribution >= 4 is 50.0 Å². The van der Waals surface area contributed by atoms with Crippen molar-refractivity contribution in [3.05, 3.63) is 63.3 Å². The molecular weight excluding hydrogens is 671 g/mol. The van der Waals surface area contributed by atoms with Crippen molar-refractivity contribution in [2.24, 2.45) is 5.73 Å². The van der Waals surface area contributed by atoms with Gasteiger partial charge in [-0.2, -0.15) is 4.72 Å². The van der Waals surface area contributed by atoms with Crippen LogP contribution in [-0.4, -0.2) is 92.5 Å². The Morgan fingerprint density at radius 1 is 1.08 bits per heavy atom. The highest BCUT2D eigenvalue weighted by atomic mass is 35.5. The van der Waals surface area contributed by atoms with Gasteiger partial charge in [-0.15, -0.1) is 0 Å². The van der Waals surface area contributed by atoms with Crippen molar-refractivity contribution in [2.45, 2.75) is 82.0 Å². The van der Waals surface area contributed by atoms with E-state index < -0.39 is 21.7 Å². The molecule has 13 heteroatoms. The van der Waals surface area contributed by atoms with Gasteiger partial charge in [-0.25, -0.2) is 13.4 Å². The highest BCUT2D eigenvalue weighted by Gasteiger charge is 2.45. The topological polar surface area (TPSA) is 121 Å². The first-order valence-corrected chi connectivity index (χ1v) is 19.0. The van der Waals surface area contributed by atoms with E-state index in [2.05, 4.69) is 19.5 Å². The highest BCUT2D eigenvalue weighted by molar-refractivity contribution is 7.89. The number of rotatable bonds is 13. The summed E-state index contributed by atoms with van der Waals surface area (Å²) in [7, 11) is 0.000418. The second-order valence-corrected chi connectivity index (χ2v) is 15.9. The van der Waals surface area contributed by atoms with Gasteiger partial charge in [0.05, 0.1) is 16.7 Å². The number of para-hydroxylation sites is 1. The molecule has 1 unspecified atom stereocenters. The monoisotopic (exact) mass is 718 g/mol. The fraction of sp³-hybridized carbons (Fsp3) is 0.543. The lowest BCUT2D eigenvalue weighted by atomic mass is 10.1. The molecule has 1 aliphatic carbocycles. The molecule has 262 valence electrons. The largest absolute Gasteiger partial charge is 0.487 e. The number of carbonyl (C=O) groups excluding carboxylic acids is 1. The zero-order valence-corrected chi connectivity index (χ0v) is 30.7. The van der Waals surface area contributed by atoms with Gasteiger partial charge in [0.25, 0.3) is 0 Å². The molecule has 5 rings (SSSR count). The van der Waals surface area contributed by atoms with Crippen molar-refractivity contribution < 1.29 is 17.9 Å². The molecule has 10 nitrogen and oxygen atoms in total. The van der Waals surface area contributed by atoms with Crippen LogP contribution in [0.5, 0.6) is 5.75 Å². The van der Waals surface area contributed by atoms with Crippen LogP contribution < -0.4 is 15.2 Å². The maximum atomic E-state index is 14.1. The second-order valence-electron chi connectivity index (χ2n) is 13.4. The summed E-state index contributed by atoms with van der Waals surface area (Å²) in [6, 6.07) is 10.2. The molecule has 1 amide bonds. The maximum absolute atomic E-state index is 14.1. The van der Waals surface area contributed by atoms with E-state index in [9.17, 15) is 13.2 Å². The number of aryl methyl sites for hydroxylation is 2. The second kappa shape index (κ2) is 15.6. The van der Waals surface area contributed by atoms with Crippen LogP contribution in [0.25, 0.3) is 10.9 Å². The number of unbranched alkanes of at least 4 members (excludes halogenated alkanes) is 1. The van der Waals surface area contributed by atoms with E-state index in [0.29, 0.717) is 61.8 Å². The number of carbonyl (C=O) groups is 1. The van der Waals surface area contributed by atoms with E-state index in [1.807, 2.05) is 57.1 Å². The number of benzene rings is 2. The number of sulfonamides is 1. The van der Waals surface area contributed by atoms with Gasteiger partial charge in [0.1, 0.15) is 22.8 Å². The molecule has 3 aromatic rings. The SMILES string of the molecule is Cc1cc(C)c2cccc(OCc3c(Cl)ccc(S(=O)(=O)NC4(N5CCN(C(=O)C(N)CCCCN(C)C)CC5)CCCC4)c3Cl)c2n1. The first-order valence-electron chi connectivity index (χ1n) is 16.8. The highest BCUT2D eigenvalue weighted by Crippen LogP contribution is 2.38. The first-order chi connectivity index (χ1) is 22.8. The molecule has 2 aliphatic rings. The summed E-state index contributed by atoms with van der Waals surface area (Å²) in [6.07, 6.45) is 5.67. The summed E-state index contributed by atoms with van der Waals surface area (Å²) in [5.74, 6) is 0.526. The Labute approximate surface area is 294 Å². The number of halogens is 2. The van der Waals surface area contributed by atoms with Crippen LogP contribution in [0.1, 0.15) is 61.8 Å². The number of ether oxygens (including phenoxy) is 1.